The van der Waals surface area contributed by atoms with Crippen LogP contribution in [0.1, 0.15) is 36.3 Å². The predicted molar refractivity (Wildman–Crippen MR) is 112 cm³/mol. The molecule has 2 aromatic rings. The predicted octanol–water partition coefficient (Wildman–Crippen LogP) is 1.04. The molecule has 2 amide bonds. The molecule has 0 aliphatic heterocycles. The van der Waals surface area contributed by atoms with Crippen LogP contribution in [0.25, 0.3) is 0 Å². The van der Waals surface area contributed by atoms with Crippen molar-refractivity contribution in [3.8, 4) is 0 Å². The molecular formula is C21H29N5O4. The Hall–Kier alpha value is -3.20. The van der Waals surface area contributed by atoms with E-state index in [1.807, 2.05) is 13.8 Å². The smallest absolute Gasteiger partial charge is 0.326 e. The minimum atomic E-state index is -1.10. The van der Waals surface area contributed by atoms with Gasteiger partial charge in [0, 0.05) is 31.3 Å². The number of aromatic amines is 1. The number of hydrogen-bond acceptors (Lipinski definition) is 5. The standard InChI is InChI=1S/C21H29N5O4/c1-14(2)10-18(21(29)30)26(20(28)17(22)11-16-12-23-13-25-16)9-8-24-19(27)15-6-4-3-5-7-15/h3-7,12-14,17-18H,8-11,22H2,1-2H3,(H,23,25)(H,24,27)(H,29,30)/t17-,18-/m0/s1. The quantitative estimate of drug-likeness (QED) is 0.432. The van der Waals surface area contributed by atoms with Crippen LogP contribution in [-0.4, -0.2) is 62.9 Å². The summed E-state index contributed by atoms with van der Waals surface area (Å²) in [6.07, 6.45) is 3.59. The van der Waals surface area contributed by atoms with Gasteiger partial charge in [-0.2, -0.15) is 0 Å². The Kier molecular flexibility index (Phi) is 8.54. The van der Waals surface area contributed by atoms with E-state index in [0.29, 0.717) is 11.3 Å². The SMILES string of the molecule is CC(C)C[C@@H](C(=O)O)N(CCNC(=O)c1ccccc1)C(=O)[C@@H](N)Cc1c[nH]cn1. The number of aromatic nitrogens is 2. The van der Waals surface area contributed by atoms with Crippen molar-refractivity contribution >= 4 is 17.8 Å². The first-order valence-corrected chi connectivity index (χ1v) is 9.89. The van der Waals surface area contributed by atoms with Crippen LogP contribution in [0.15, 0.2) is 42.9 Å². The van der Waals surface area contributed by atoms with Crippen LogP contribution < -0.4 is 11.1 Å². The largest absolute Gasteiger partial charge is 0.480 e. The number of amides is 2. The summed E-state index contributed by atoms with van der Waals surface area (Å²) >= 11 is 0. The molecule has 0 radical (unpaired) electrons. The van der Waals surface area contributed by atoms with E-state index in [2.05, 4.69) is 15.3 Å². The number of rotatable bonds is 11. The number of benzene rings is 1. The molecule has 1 aromatic heterocycles. The van der Waals surface area contributed by atoms with Gasteiger partial charge >= 0.3 is 5.97 Å². The molecule has 1 aromatic carbocycles. The Balaban J connectivity index is 2.10. The average Bonchev–Trinajstić information content (AvgIpc) is 3.22. The summed E-state index contributed by atoms with van der Waals surface area (Å²) < 4.78 is 0. The molecular weight excluding hydrogens is 386 g/mol. The van der Waals surface area contributed by atoms with Gasteiger partial charge in [0.05, 0.1) is 18.1 Å². The molecule has 0 spiro atoms. The zero-order valence-electron chi connectivity index (χ0n) is 17.2. The van der Waals surface area contributed by atoms with Gasteiger partial charge in [-0.1, -0.05) is 32.0 Å². The highest BCUT2D eigenvalue weighted by Gasteiger charge is 2.33. The monoisotopic (exact) mass is 415 g/mol. The average molecular weight is 415 g/mol. The molecule has 9 nitrogen and oxygen atoms in total. The van der Waals surface area contributed by atoms with Crippen LogP contribution in [0.4, 0.5) is 0 Å². The summed E-state index contributed by atoms with van der Waals surface area (Å²) in [7, 11) is 0. The number of imidazole rings is 1. The summed E-state index contributed by atoms with van der Waals surface area (Å²) in [4.78, 5) is 45.3. The third-order valence-electron chi connectivity index (χ3n) is 4.61. The van der Waals surface area contributed by atoms with Gasteiger partial charge in [0.25, 0.3) is 5.91 Å². The van der Waals surface area contributed by atoms with E-state index in [-0.39, 0.29) is 37.8 Å². The molecule has 0 unspecified atom stereocenters. The van der Waals surface area contributed by atoms with Crippen LogP contribution >= 0.6 is 0 Å². The number of H-pyrrole nitrogens is 1. The van der Waals surface area contributed by atoms with Gasteiger partial charge in [-0.15, -0.1) is 0 Å². The van der Waals surface area contributed by atoms with Crippen molar-refractivity contribution in [1.29, 1.82) is 0 Å². The number of nitrogens with two attached hydrogens (primary N) is 1. The highest BCUT2D eigenvalue weighted by Crippen LogP contribution is 2.14. The first-order chi connectivity index (χ1) is 14.3. The van der Waals surface area contributed by atoms with E-state index in [0.717, 1.165) is 0 Å². The first-order valence-electron chi connectivity index (χ1n) is 9.89. The number of aliphatic carboxylic acids is 1. The van der Waals surface area contributed by atoms with Crippen molar-refractivity contribution in [2.24, 2.45) is 11.7 Å². The highest BCUT2D eigenvalue weighted by atomic mass is 16.4. The minimum absolute atomic E-state index is 0.0371. The molecule has 5 N–H and O–H groups in total. The topological polar surface area (TPSA) is 141 Å². The van der Waals surface area contributed by atoms with Gasteiger partial charge in [-0.3, -0.25) is 9.59 Å². The summed E-state index contributed by atoms with van der Waals surface area (Å²) in [5.74, 6) is -1.82. The summed E-state index contributed by atoms with van der Waals surface area (Å²) in [5, 5.41) is 12.5. The number of carbonyl (C=O) groups excluding carboxylic acids is 2. The van der Waals surface area contributed by atoms with Crippen molar-refractivity contribution in [3.05, 3.63) is 54.1 Å². The maximum atomic E-state index is 13.0. The third kappa shape index (κ3) is 6.70. The van der Waals surface area contributed by atoms with E-state index in [1.165, 1.54) is 11.2 Å². The number of carbonyl (C=O) groups is 3. The fraction of sp³-hybridized carbons (Fsp3) is 0.429. The van der Waals surface area contributed by atoms with E-state index < -0.39 is 24.0 Å². The zero-order valence-corrected chi connectivity index (χ0v) is 17.2. The van der Waals surface area contributed by atoms with Gasteiger partial charge in [-0.25, -0.2) is 9.78 Å². The fourth-order valence-corrected chi connectivity index (χ4v) is 3.14. The Morgan fingerprint density at radius 1 is 1.23 bits per heavy atom. The zero-order chi connectivity index (χ0) is 22.1. The second-order valence-electron chi connectivity index (χ2n) is 7.51. The van der Waals surface area contributed by atoms with E-state index >= 15 is 0 Å². The normalized spacial score (nSPS) is 12.9. The Bertz CT molecular complexity index is 823. The van der Waals surface area contributed by atoms with Crippen molar-refractivity contribution in [1.82, 2.24) is 20.2 Å². The number of carboxylic acid groups (broad SMARTS) is 1. The third-order valence-corrected chi connectivity index (χ3v) is 4.61. The molecule has 1 heterocycles. The van der Waals surface area contributed by atoms with Crippen molar-refractivity contribution in [2.45, 2.75) is 38.8 Å². The van der Waals surface area contributed by atoms with Crippen LogP contribution in [-0.2, 0) is 16.0 Å². The lowest BCUT2D eigenvalue weighted by Gasteiger charge is -2.32. The lowest BCUT2D eigenvalue weighted by atomic mass is 10.0. The van der Waals surface area contributed by atoms with Crippen molar-refractivity contribution < 1.29 is 19.5 Å². The molecule has 2 rings (SSSR count). The molecule has 0 fully saturated rings. The van der Waals surface area contributed by atoms with Gasteiger partial charge in [-0.05, 0) is 24.5 Å². The fourth-order valence-electron chi connectivity index (χ4n) is 3.14. The van der Waals surface area contributed by atoms with Crippen LogP contribution in [0.5, 0.6) is 0 Å². The van der Waals surface area contributed by atoms with Gasteiger partial charge in [0.1, 0.15) is 6.04 Å². The van der Waals surface area contributed by atoms with E-state index in [4.69, 9.17) is 5.73 Å². The van der Waals surface area contributed by atoms with Gasteiger partial charge < -0.3 is 26.0 Å². The van der Waals surface area contributed by atoms with E-state index in [9.17, 15) is 19.5 Å². The molecule has 9 heteroatoms. The Morgan fingerprint density at radius 2 is 1.93 bits per heavy atom. The molecule has 0 saturated carbocycles. The van der Waals surface area contributed by atoms with Gasteiger partial charge in [0.2, 0.25) is 5.91 Å². The summed E-state index contributed by atoms with van der Waals surface area (Å²) in [5.41, 5.74) is 7.18. The van der Waals surface area contributed by atoms with Crippen LogP contribution in [0.2, 0.25) is 0 Å². The lowest BCUT2D eigenvalue weighted by molar-refractivity contribution is -0.151. The molecule has 0 aliphatic carbocycles. The molecule has 2 atom stereocenters. The number of nitrogens with zero attached hydrogens (tertiary/aromatic N) is 2. The second kappa shape index (κ2) is 11.1. The highest BCUT2D eigenvalue weighted by molar-refractivity contribution is 5.94. The first kappa shape index (κ1) is 23.1. The maximum Gasteiger partial charge on any atom is 0.326 e. The molecule has 0 bridgehead atoms. The maximum absolute atomic E-state index is 13.0. The van der Waals surface area contributed by atoms with Crippen LogP contribution in [0, 0.1) is 5.92 Å². The van der Waals surface area contributed by atoms with Gasteiger partial charge in [0.15, 0.2) is 0 Å². The summed E-state index contributed by atoms with van der Waals surface area (Å²) in [6, 6.07) is 6.70. The number of nitrogens with one attached hydrogen (secondary N) is 2. The van der Waals surface area contributed by atoms with E-state index in [1.54, 1.807) is 36.5 Å². The Labute approximate surface area is 175 Å². The number of hydrogen-bond donors (Lipinski definition) is 4. The minimum Gasteiger partial charge on any atom is -0.480 e. The molecule has 0 aliphatic rings. The molecule has 0 saturated heterocycles. The van der Waals surface area contributed by atoms with Crippen molar-refractivity contribution in [3.63, 3.8) is 0 Å². The van der Waals surface area contributed by atoms with Crippen LogP contribution in [0.3, 0.4) is 0 Å². The molecule has 162 valence electrons. The van der Waals surface area contributed by atoms with Crippen molar-refractivity contribution in [2.75, 3.05) is 13.1 Å². The lowest BCUT2D eigenvalue weighted by Crippen LogP contribution is -2.54. The molecule has 30 heavy (non-hydrogen) atoms. The second-order valence-corrected chi connectivity index (χ2v) is 7.51. The Morgan fingerprint density at radius 3 is 2.50 bits per heavy atom. The summed E-state index contributed by atoms with van der Waals surface area (Å²) in [6.45, 7) is 3.92. The number of carboxylic acids is 1.